The Labute approximate surface area is 113 Å². The molecule has 2 rings (SSSR count). The SMILES string of the molecule is Cc1ccc(C)c(CNc2cc(C)cnc2Cl)c1. The first kappa shape index (κ1) is 12.9. The molecule has 2 aromatic rings. The number of nitrogens with zero attached hydrogens (tertiary/aromatic N) is 1. The standard InChI is InChI=1S/C15H17ClN2/c1-10-4-5-12(3)13(6-10)9-17-14-7-11(2)8-18-15(14)16/h4-8,17H,9H2,1-3H3. The van der Waals surface area contributed by atoms with Gasteiger partial charge >= 0.3 is 0 Å². The van der Waals surface area contributed by atoms with Gasteiger partial charge in [-0.1, -0.05) is 35.4 Å². The zero-order chi connectivity index (χ0) is 13.1. The second-order valence-electron chi connectivity index (χ2n) is 4.63. The fraction of sp³-hybridized carbons (Fsp3) is 0.267. The number of hydrogen-bond acceptors (Lipinski definition) is 2. The first-order valence-electron chi connectivity index (χ1n) is 5.98. The summed E-state index contributed by atoms with van der Waals surface area (Å²) in [4.78, 5) is 4.13. The van der Waals surface area contributed by atoms with Gasteiger partial charge in [-0.3, -0.25) is 0 Å². The van der Waals surface area contributed by atoms with Crippen molar-refractivity contribution in [1.29, 1.82) is 0 Å². The number of halogens is 1. The van der Waals surface area contributed by atoms with Gasteiger partial charge in [0, 0.05) is 12.7 Å². The summed E-state index contributed by atoms with van der Waals surface area (Å²) in [6.07, 6.45) is 1.77. The molecule has 0 saturated carbocycles. The van der Waals surface area contributed by atoms with Crippen molar-refractivity contribution in [3.8, 4) is 0 Å². The molecular formula is C15H17ClN2. The average Bonchev–Trinajstić information content (AvgIpc) is 2.34. The summed E-state index contributed by atoms with van der Waals surface area (Å²) in [7, 11) is 0. The predicted molar refractivity (Wildman–Crippen MR) is 77.2 cm³/mol. The van der Waals surface area contributed by atoms with Crippen LogP contribution in [0.4, 0.5) is 5.69 Å². The van der Waals surface area contributed by atoms with Gasteiger partial charge < -0.3 is 5.32 Å². The Balaban J connectivity index is 2.16. The summed E-state index contributed by atoms with van der Waals surface area (Å²) in [5, 5.41) is 3.86. The van der Waals surface area contributed by atoms with Gasteiger partial charge in [0.05, 0.1) is 5.69 Å². The van der Waals surface area contributed by atoms with Crippen molar-refractivity contribution in [2.75, 3.05) is 5.32 Å². The number of pyridine rings is 1. The summed E-state index contributed by atoms with van der Waals surface area (Å²) in [5.74, 6) is 0. The fourth-order valence-electron chi connectivity index (χ4n) is 1.86. The van der Waals surface area contributed by atoms with Crippen LogP contribution in [0.2, 0.25) is 5.15 Å². The summed E-state index contributed by atoms with van der Waals surface area (Å²) in [6.45, 7) is 6.99. The van der Waals surface area contributed by atoms with E-state index in [2.05, 4.69) is 42.3 Å². The van der Waals surface area contributed by atoms with Crippen molar-refractivity contribution in [2.45, 2.75) is 27.3 Å². The van der Waals surface area contributed by atoms with Crippen LogP contribution in [0.5, 0.6) is 0 Å². The van der Waals surface area contributed by atoms with E-state index in [1.807, 2.05) is 13.0 Å². The molecule has 0 aliphatic carbocycles. The van der Waals surface area contributed by atoms with E-state index < -0.39 is 0 Å². The lowest BCUT2D eigenvalue weighted by Gasteiger charge is -2.11. The van der Waals surface area contributed by atoms with E-state index in [1.165, 1.54) is 16.7 Å². The van der Waals surface area contributed by atoms with Crippen LogP contribution in [-0.2, 0) is 6.54 Å². The van der Waals surface area contributed by atoms with Crippen LogP contribution < -0.4 is 5.32 Å². The quantitative estimate of drug-likeness (QED) is 0.834. The first-order chi connectivity index (χ1) is 8.56. The average molecular weight is 261 g/mol. The lowest BCUT2D eigenvalue weighted by molar-refractivity contribution is 1.10. The van der Waals surface area contributed by atoms with Crippen molar-refractivity contribution < 1.29 is 0 Å². The maximum absolute atomic E-state index is 6.06. The molecule has 0 aliphatic rings. The van der Waals surface area contributed by atoms with Gasteiger partial charge in [0.1, 0.15) is 0 Å². The highest BCUT2D eigenvalue weighted by Crippen LogP contribution is 2.21. The van der Waals surface area contributed by atoms with E-state index >= 15 is 0 Å². The number of nitrogens with one attached hydrogen (secondary N) is 1. The second kappa shape index (κ2) is 5.40. The number of anilines is 1. The van der Waals surface area contributed by atoms with E-state index in [0.717, 1.165) is 17.8 Å². The van der Waals surface area contributed by atoms with Crippen molar-refractivity contribution in [2.24, 2.45) is 0 Å². The predicted octanol–water partition coefficient (Wildman–Crippen LogP) is 4.27. The minimum absolute atomic E-state index is 0.519. The monoisotopic (exact) mass is 260 g/mol. The third kappa shape index (κ3) is 3.02. The number of rotatable bonds is 3. The summed E-state index contributed by atoms with van der Waals surface area (Å²) >= 11 is 6.06. The molecule has 0 saturated heterocycles. The molecule has 2 nitrogen and oxygen atoms in total. The zero-order valence-corrected chi connectivity index (χ0v) is 11.7. The molecule has 94 valence electrons. The minimum Gasteiger partial charge on any atom is -0.378 e. The lowest BCUT2D eigenvalue weighted by Crippen LogP contribution is -2.03. The topological polar surface area (TPSA) is 24.9 Å². The lowest BCUT2D eigenvalue weighted by atomic mass is 10.1. The van der Waals surface area contributed by atoms with Gasteiger partial charge in [-0.2, -0.15) is 0 Å². The van der Waals surface area contributed by atoms with Crippen LogP contribution in [0.25, 0.3) is 0 Å². The van der Waals surface area contributed by atoms with Gasteiger partial charge in [0.2, 0.25) is 0 Å². The summed E-state index contributed by atoms with van der Waals surface area (Å²) in [5.41, 5.74) is 5.82. The van der Waals surface area contributed by atoms with Crippen LogP contribution in [-0.4, -0.2) is 4.98 Å². The Morgan fingerprint density at radius 1 is 1.11 bits per heavy atom. The highest BCUT2D eigenvalue weighted by atomic mass is 35.5. The molecule has 0 radical (unpaired) electrons. The molecule has 18 heavy (non-hydrogen) atoms. The van der Waals surface area contributed by atoms with E-state index in [4.69, 9.17) is 11.6 Å². The summed E-state index contributed by atoms with van der Waals surface area (Å²) < 4.78 is 0. The molecule has 1 heterocycles. The molecule has 0 unspecified atom stereocenters. The van der Waals surface area contributed by atoms with Crippen molar-refractivity contribution in [1.82, 2.24) is 4.98 Å². The van der Waals surface area contributed by atoms with Gasteiger partial charge in [0.25, 0.3) is 0 Å². The van der Waals surface area contributed by atoms with Gasteiger partial charge in [-0.05, 0) is 43.5 Å². The Bertz CT molecular complexity index is 513. The van der Waals surface area contributed by atoms with Crippen molar-refractivity contribution in [3.63, 3.8) is 0 Å². The Hall–Kier alpha value is -1.54. The number of aryl methyl sites for hydroxylation is 3. The number of hydrogen-bond donors (Lipinski definition) is 1. The molecule has 0 fully saturated rings. The second-order valence-corrected chi connectivity index (χ2v) is 4.99. The Morgan fingerprint density at radius 3 is 2.67 bits per heavy atom. The maximum atomic E-state index is 6.06. The van der Waals surface area contributed by atoms with E-state index in [9.17, 15) is 0 Å². The molecule has 0 atom stereocenters. The molecule has 3 heteroatoms. The van der Waals surface area contributed by atoms with Crippen LogP contribution in [0.1, 0.15) is 22.3 Å². The third-order valence-corrected chi connectivity index (χ3v) is 3.25. The van der Waals surface area contributed by atoms with Crippen molar-refractivity contribution in [3.05, 3.63) is 57.9 Å². The Morgan fingerprint density at radius 2 is 1.89 bits per heavy atom. The highest BCUT2D eigenvalue weighted by Gasteiger charge is 2.03. The van der Waals surface area contributed by atoms with Crippen LogP contribution in [0.15, 0.2) is 30.5 Å². The normalized spacial score (nSPS) is 10.4. The minimum atomic E-state index is 0.519. The number of aromatic nitrogens is 1. The molecule has 0 amide bonds. The molecular weight excluding hydrogens is 244 g/mol. The van der Waals surface area contributed by atoms with E-state index in [0.29, 0.717) is 5.15 Å². The first-order valence-corrected chi connectivity index (χ1v) is 6.36. The van der Waals surface area contributed by atoms with E-state index in [1.54, 1.807) is 6.20 Å². The summed E-state index contributed by atoms with van der Waals surface area (Å²) in [6, 6.07) is 8.47. The molecule has 1 aromatic heterocycles. The zero-order valence-electron chi connectivity index (χ0n) is 10.9. The van der Waals surface area contributed by atoms with Crippen LogP contribution in [0, 0.1) is 20.8 Å². The molecule has 0 aliphatic heterocycles. The molecule has 1 N–H and O–H groups in total. The third-order valence-electron chi connectivity index (χ3n) is 2.95. The fourth-order valence-corrected chi connectivity index (χ4v) is 2.03. The van der Waals surface area contributed by atoms with Gasteiger partial charge in [-0.15, -0.1) is 0 Å². The highest BCUT2D eigenvalue weighted by molar-refractivity contribution is 6.31. The van der Waals surface area contributed by atoms with Crippen molar-refractivity contribution >= 4 is 17.3 Å². The number of benzene rings is 1. The largest absolute Gasteiger partial charge is 0.378 e. The molecule has 0 spiro atoms. The maximum Gasteiger partial charge on any atom is 0.152 e. The molecule has 0 bridgehead atoms. The molecule has 1 aromatic carbocycles. The Kier molecular flexibility index (Phi) is 3.87. The van der Waals surface area contributed by atoms with Crippen LogP contribution >= 0.6 is 11.6 Å². The van der Waals surface area contributed by atoms with Gasteiger partial charge in [-0.25, -0.2) is 4.98 Å². The van der Waals surface area contributed by atoms with Crippen LogP contribution in [0.3, 0.4) is 0 Å². The van der Waals surface area contributed by atoms with Gasteiger partial charge in [0.15, 0.2) is 5.15 Å². The van der Waals surface area contributed by atoms with E-state index in [-0.39, 0.29) is 0 Å². The smallest absolute Gasteiger partial charge is 0.152 e.